The number of esters is 1. The Hall–Kier alpha value is -1.26. The Bertz CT molecular complexity index is 222. The van der Waals surface area contributed by atoms with Crippen LogP contribution in [0.2, 0.25) is 0 Å². The maximum absolute atomic E-state index is 11.3. The number of rotatable bonds is 2. The van der Waals surface area contributed by atoms with Gasteiger partial charge in [-0.15, -0.1) is 0 Å². The standard InChI is InChI=1S/C9H16N2O3/c1-2-14-8(12)7-3-5-11(6-4-7)9(10)13/h7H,2-6H2,1H3,(H2,10,13). The molecule has 1 aliphatic heterocycles. The van der Waals surface area contributed by atoms with E-state index in [1.807, 2.05) is 0 Å². The number of carbonyl (C=O) groups is 2. The van der Waals surface area contributed by atoms with Gasteiger partial charge < -0.3 is 15.4 Å². The summed E-state index contributed by atoms with van der Waals surface area (Å²) in [6.07, 6.45) is 1.31. The van der Waals surface area contributed by atoms with E-state index in [9.17, 15) is 9.59 Å². The van der Waals surface area contributed by atoms with Gasteiger partial charge in [0.15, 0.2) is 0 Å². The molecule has 2 amide bonds. The molecule has 0 aromatic carbocycles. The Morgan fingerprint density at radius 1 is 1.43 bits per heavy atom. The van der Waals surface area contributed by atoms with E-state index in [2.05, 4.69) is 0 Å². The van der Waals surface area contributed by atoms with Crippen LogP contribution in [0, 0.1) is 5.92 Å². The second kappa shape index (κ2) is 4.83. The van der Waals surface area contributed by atoms with E-state index in [0.717, 1.165) is 0 Å². The van der Waals surface area contributed by atoms with Crippen molar-refractivity contribution >= 4 is 12.0 Å². The number of nitrogens with two attached hydrogens (primary N) is 1. The molecule has 0 radical (unpaired) electrons. The van der Waals surface area contributed by atoms with Crippen LogP contribution in [0.5, 0.6) is 0 Å². The number of urea groups is 1. The fraction of sp³-hybridized carbons (Fsp3) is 0.778. The summed E-state index contributed by atoms with van der Waals surface area (Å²) in [7, 11) is 0. The average molecular weight is 200 g/mol. The molecule has 0 aliphatic carbocycles. The van der Waals surface area contributed by atoms with Gasteiger partial charge in [-0.2, -0.15) is 0 Å². The van der Waals surface area contributed by atoms with Gasteiger partial charge in [-0.05, 0) is 19.8 Å². The molecule has 1 rings (SSSR count). The van der Waals surface area contributed by atoms with E-state index in [-0.39, 0.29) is 11.9 Å². The van der Waals surface area contributed by atoms with Crippen molar-refractivity contribution in [2.24, 2.45) is 11.7 Å². The fourth-order valence-electron chi connectivity index (χ4n) is 1.60. The first kappa shape index (κ1) is 10.8. The van der Waals surface area contributed by atoms with Crippen molar-refractivity contribution in [3.05, 3.63) is 0 Å². The van der Waals surface area contributed by atoms with Crippen LogP contribution in [-0.4, -0.2) is 36.6 Å². The number of nitrogens with zero attached hydrogens (tertiary/aromatic N) is 1. The zero-order valence-corrected chi connectivity index (χ0v) is 8.36. The minimum atomic E-state index is -0.410. The molecule has 14 heavy (non-hydrogen) atoms. The first-order chi connectivity index (χ1) is 6.65. The van der Waals surface area contributed by atoms with Crippen LogP contribution in [-0.2, 0) is 9.53 Å². The van der Waals surface area contributed by atoms with Crippen LogP contribution >= 0.6 is 0 Å². The lowest BCUT2D eigenvalue weighted by atomic mass is 9.97. The van der Waals surface area contributed by atoms with Crippen molar-refractivity contribution < 1.29 is 14.3 Å². The van der Waals surface area contributed by atoms with Gasteiger partial charge in [0.2, 0.25) is 0 Å². The molecule has 5 heteroatoms. The van der Waals surface area contributed by atoms with Gasteiger partial charge >= 0.3 is 12.0 Å². The summed E-state index contributed by atoms with van der Waals surface area (Å²) in [5, 5.41) is 0. The van der Waals surface area contributed by atoms with Crippen LogP contribution in [0.25, 0.3) is 0 Å². The molecule has 2 N–H and O–H groups in total. The maximum Gasteiger partial charge on any atom is 0.314 e. The molecule has 0 aromatic rings. The molecule has 0 spiro atoms. The molecule has 1 heterocycles. The van der Waals surface area contributed by atoms with Crippen molar-refractivity contribution in [1.82, 2.24) is 4.90 Å². The number of carbonyl (C=O) groups excluding carboxylic acids is 2. The van der Waals surface area contributed by atoms with Crippen molar-refractivity contribution in [2.45, 2.75) is 19.8 Å². The van der Waals surface area contributed by atoms with Crippen molar-refractivity contribution in [1.29, 1.82) is 0 Å². The Labute approximate surface area is 83.2 Å². The molecular weight excluding hydrogens is 184 g/mol. The number of likely N-dealkylation sites (tertiary alicyclic amines) is 1. The fourth-order valence-corrected chi connectivity index (χ4v) is 1.60. The molecule has 1 aliphatic rings. The lowest BCUT2D eigenvalue weighted by molar-refractivity contribution is -0.149. The van der Waals surface area contributed by atoms with E-state index in [0.29, 0.717) is 32.5 Å². The highest BCUT2D eigenvalue weighted by atomic mass is 16.5. The normalized spacial score (nSPS) is 17.9. The number of hydrogen-bond donors (Lipinski definition) is 1. The van der Waals surface area contributed by atoms with Crippen LogP contribution in [0.1, 0.15) is 19.8 Å². The Morgan fingerprint density at radius 2 is 2.00 bits per heavy atom. The Kier molecular flexibility index (Phi) is 3.73. The maximum atomic E-state index is 11.3. The molecule has 0 saturated carbocycles. The summed E-state index contributed by atoms with van der Waals surface area (Å²) in [6, 6.07) is -0.410. The van der Waals surface area contributed by atoms with Crippen molar-refractivity contribution in [2.75, 3.05) is 19.7 Å². The first-order valence-electron chi connectivity index (χ1n) is 4.86. The molecule has 5 nitrogen and oxygen atoms in total. The van der Waals surface area contributed by atoms with Crippen LogP contribution in [0.3, 0.4) is 0 Å². The van der Waals surface area contributed by atoms with Gasteiger partial charge in [0.05, 0.1) is 12.5 Å². The van der Waals surface area contributed by atoms with Gasteiger partial charge in [-0.1, -0.05) is 0 Å². The van der Waals surface area contributed by atoms with Gasteiger partial charge in [-0.25, -0.2) is 4.79 Å². The lowest BCUT2D eigenvalue weighted by Crippen LogP contribution is -2.43. The number of hydrogen-bond acceptors (Lipinski definition) is 3. The van der Waals surface area contributed by atoms with Gasteiger partial charge in [-0.3, -0.25) is 4.79 Å². The third kappa shape index (κ3) is 2.61. The van der Waals surface area contributed by atoms with E-state index in [1.165, 1.54) is 0 Å². The van der Waals surface area contributed by atoms with E-state index in [4.69, 9.17) is 10.5 Å². The molecule has 0 bridgehead atoms. The number of ether oxygens (including phenoxy) is 1. The minimum Gasteiger partial charge on any atom is -0.466 e. The summed E-state index contributed by atoms with van der Waals surface area (Å²) >= 11 is 0. The predicted molar refractivity (Wildman–Crippen MR) is 50.5 cm³/mol. The van der Waals surface area contributed by atoms with Gasteiger partial charge in [0.25, 0.3) is 0 Å². The zero-order chi connectivity index (χ0) is 10.6. The number of amides is 2. The molecule has 80 valence electrons. The van der Waals surface area contributed by atoms with Crippen molar-refractivity contribution in [3.8, 4) is 0 Å². The summed E-state index contributed by atoms with van der Waals surface area (Å²) in [5.74, 6) is -0.220. The first-order valence-corrected chi connectivity index (χ1v) is 4.86. The second-order valence-corrected chi connectivity index (χ2v) is 3.35. The highest BCUT2D eigenvalue weighted by Crippen LogP contribution is 2.18. The highest BCUT2D eigenvalue weighted by Gasteiger charge is 2.26. The minimum absolute atomic E-state index is 0.0643. The predicted octanol–water partition coefficient (Wildman–Crippen LogP) is 0.340. The van der Waals surface area contributed by atoms with Crippen LogP contribution in [0.15, 0.2) is 0 Å². The molecule has 0 atom stereocenters. The van der Waals surface area contributed by atoms with Crippen LogP contribution < -0.4 is 5.73 Å². The summed E-state index contributed by atoms with van der Waals surface area (Å²) in [4.78, 5) is 23.7. The Balaban J connectivity index is 2.35. The van der Waals surface area contributed by atoms with Crippen molar-refractivity contribution in [3.63, 3.8) is 0 Å². The molecule has 0 aromatic heterocycles. The average Bonchev–Trinajstić information content (AvgIpc) is 2.18. The van der Waals surface area contributed by atoms with E-state index in [1.54, 1.807) is 11.8 Å². The number of piperidine rings is 1. The SMILES string of the molecule is CCOC(=O)C1CCN(C(N)=O)CC1. The molecule has 0 unspecified atom stereocenters. The summed E-state index contributed by atoms with van der Waals surface area (Å²) < 4.78 is 4.90. The second-order valence-electron chi connectivity index (χ2n) is 3.35. The quantitative estimate of drug-likeness (QED) is 0.653. The van der Waals surface area contributed by atoms with Crippen LogP contribution in [0.4, 0.5) is 4.79 Å². The highest BCUT2D eigenvalue weighted by molar-refractivity contribution is 5.74. The smallest absolute Gasteiger partial charge is 0.314 e. The van der Waals surface area contributed by atoms with Gasteiger partial charge in [0, 0.05) is 13.1 Å². The summed E-state index contributed by atoms with van der Waals surface area (Å²) in [6.45, 7) is 3.31. The molecule has 1 fully saturated rings. The lowest BCUT2D eigenvalue weighted by Gasteiger charge is -2.29. The van der Waals surface area contributed by atoms with Gasteiger partial charge in [0.1, 0.15) is 0 Å². The molecular formula is C9H16N2O3. The topological polar surface area (TPSA) is 72.6 Å². The van der Waals surface area contributed by atoms with E-state index >= 15 is 0 Å². The monoisotopic (exact) mass is 200 g/mol. The third-order valence-corrected chi connectivity index (χ3v) is 2.43. The zero-order valence-electron chi connectivity index (χ0n) is 8.36. The third-order valence-electron chi connectivity index (χ3n) is 2.43. The number of primary amides is 1. The molecule has 1 saturated heterocycles. The largest absolute Gasteiger partial charge is 0.466 e. The van der Waals surface area contributed by atoms with E-state index < -0.39 is 6.03 Å². The summed E-state index contributed by atoms with van der Waals surface area (Å²) in [5.41, 5.74) is 5.12. The Morgan fingerprint density at radius 3 is 2.43 bits per heavy atom.